The summed E-state index contributed by atoms with van der Waals surface area (Å²) in [6.07, 6.45) is 0.880. The van der Waals surface area contributed by atoms with Crippen molar-refractivity contribution in [1.29, 1.82) is 0 Å². The molecule has 1 amide bonds. The average molecular weight is 475 g/mol. The fraction of sp³-hybridized carbons (Fsp3) is 0.500. The molecule has 1 atom stereocenters. The molecule has 0 spiro atoms. The number of hydrogen-bond donors (Lipinski definition) is 3. The molecule has 1 unspecified atom stereocenters. The Morgan fingerprint density at radius 3 is 2.62 bits per heavy atom. The van der Waals surface area contributed by atoms with E-state index in [-0.39, 0.29) is 30.2 Å². The van der Waals surface area contributed by atoms with Crippen LogP contribution >= 0.6 is 11.6 Å². The van der Waals surface area contributed by atoms with E-state index in [4.69, 9.17) is 11.6 Å². The molecule has 1 aliphatic heterocycles. The molecular weight excluding hydrogens is 452 g/mol. The highest BCUT2D eigenvalue weighted by Crippen LogP contribution is 2.30. The van der Waals surface area contributed by atoms with Crippen molar-refractivity contribution >= 4 is 29.0 Å². The van der Waals surface area contributed by atoms with E-state index in [0.717, 1.165) is 19.0 Å². The molecular formula is C20H23ClF4N6O. The van der Waals surface area contributed by atoms with Crippen LogP contribution in [0.25, 0.3) is 5.65 Å². The van der Waals surface area contributed by atoms with Gasteiger partial charge in [0.25, 0.3) is 5.91 Å². The minimum absolute atomic E-state index is 0.0404. The van der Waals surface area contributed by atoms with Gasteiger partial charge in [0.1, 0.15) is 23.6 Å². The highest BCUT2D eigenvalue weighted by atomic mass is 35.5. The summed E-state index contributed by atoms with van der Waals surface area (Å²) < 4.78 is 52.9. The van der Waals surface area contributed by atoms with Crippen LogP contribution in [0.4, 0.5) is 23.4 Å². The second-order valence-corrected chi connectivity index (χ2v) is 8.32. The number of hydrogen-bond acceptors (Lipinski definition) is 5. The van der Waals surface area contributed by atoms with Crippen molar-refractivity contribution < 1.29 is 22.4 Å². The molecule has 0 radical (unpaired) electrons. The molecule has 4 rings (SSSR count). The quantitative estimate of drug-likeness (QED) is 0.340. The van der Waals surface area contributed by atoms with E-state index >= 15 is 0 Å². The fourth-order valence-corrected chi connectivity index (χ4v) is 4.29. The smallest absolute Gasteiger partial charge is 0.368 e. The van der Waals surface area contributed by atoms with Crippen molar-refractivity contribution in [3.63, 3.8) is 0 Å². The average Bonchev–Trinajstić information content (AvgIpc) is 3.34. The van der Waals surface area contributed by atoms with Crippen LogP contribution in [0.15, 0.2) is 36.2 Å². The van der Waals surface area contributed by atoms with E-state index in [1.165, 1.54) is 21.7 Å². The number of pyridine rings is 1. The van der Waals surface area contributed by atoms with E-state index < -0.39 is 24.0 Å². The van der Waals surface area contributed by atoms with E-state index in [9.17, 15) is 22.4 Å². The summed E-state index contributed by atoms with van der Waals surface area (Å²) in [5, 5.41) is 7.72. The predicted molar refractivity (Wildman–Crippen MR) is 112 cm³/mol. The molecule has 3 N–H and O–H groups in total. The lowest BCUT2D eigenvalue weighted by atomic mass is 9.91. The molecule has 12 heteroatoms. The maximum Gasteiger partial charge on any atom is 0.434 e. The van der Waals surface area contributed by atoms with Gasteiger partial charge < -0.3 is 15.6 Å². The van der Waals surface area contributed by atoms with Crippen LogP contribution in [-0.4, -0.2) is 51.1 Å². The third-order valence-corrected chi connectivity index (χ3v) is 5.96. The van der Waals surface area contributed by atoms with Gasteiger partial charge in [-0.05, 0) is 37.8 Å². The van der Waals surface area contributed by atoms with Gasteiger partial charge in [-0.1, -0.05) is 17.7 Å². The Bertz CT molecular complexity index is 1000. The third kappa shape index (κ3) is 4.93. The number of rotatable bonds is 6. The Kier molecular flexibility index (Phi) is 6.47. The number of alkyl halides is 5. The maximum atomic E-state index is 13.0. The first-order valence-corrected chi connectivity index (χ1v) is 10.8. The van der Waals surface area contributed by atoms with Gasteiger partial charge in [0.15, 0.2) is 5.69 Å². The van der Waals surface area contributed by atoms with Crippen molar-refractivity contribution in [3.05, 3.63) is 41.9 Å². The number of anilines is 1. The molecule has 0 bridgehead atoms. The monoisotopic (exact) mass is 474 g/mol. The molecule has 2 aromatic rings. The molecule has 174 valence electrons. The first-order chi connectivity index (χ1) is 15.2. The second-order valence-electron chi connectivity index (χ2n) is 7.89. The number of nitrogens with one attached hydrogen (secondary N) is 3. The number of aromatic nitrogens is 2. The van der Waals surface area contributed by atoms with Gasteiger partial charge in [0.2, 0.25) is 0 Å². The Morgan fingerprint density at radius 1 is 1.22 bits per heavy atom. The minimum atomic E-state index is -4.51. The number of nitrogens with zero attached hydrogens (tertiary/aromatic N) is 3. The summed E-state index contributed by atoms with van der Waals surface area (Å²) in [6.45, 7) is -0.464. The van der Waals surface area contributed by atoms with E-state index in [1.54, 1.807) is 12.1 Å². The summed E-state index contributed by atoms with van der Waals surface area (Å²) in [4.78, 5) is 16.2. The summed E-state index contributed by atoms with van der Waals surface area (Å²) in [7, 11) is 0. The molecule has 2 aliphatic rings. The summed E-state index contributed by atoms with van der Waals surface area (Å²) in [5.74, 6) is 0.247. The zero-order valence-corrected chi connectivity index (χ0v) is 17.8. The minimum Gasteiger partial charge on any atom is -0.368 e. The Hall–Kier alpha value is -2.53. The number of amides is 1. The molecule has 2 aromatic heterocycles. The van der Waals surface area contributed by atoms with Crippen molar-refractivity contribution in [2.24, 2.45) is 0 Å². The van der Waals surface area contributed by atoms with Gasteiger partial charge in [-0.25, -0.2) is 14.8 Å². The summed E-state index contributed by atoms with van der Waals surface area (Å²) in [5.41, 5.74) is 1.72. The highest BCUT2D eigenvalue weighted by molar-refractivity contribution is 6.25. The van der Waals surface area contributed by atoms with Gasteiger partial charge in [-0.2, -0.15) is 13.2 Å². The number of imidazole rings is 1. The van der Waals surface area contributed by atoms with Crippen molar-refractivity contribution in [1.82, 2.24) is 25.1 Å². The zero-order valence-electron chi connectivity index (χ0n) is 17.0. The van der Waals surface area contributed by atoms with Crippen LogP contribution in [-0.2, 0) is 11.0 Å². The van der Waals surface area contributed by atoms with Crippen LogP contribution < -0.4 is 16.1 Å². The summed E-state index contributed by atoms with van der Waals surface area (Å²) in [6, 6.07) is 4.92. The third-order valence-electron chi connectivity index (χ3n) is 5.63. The van der Waals surface area contributed by atoms with E-state index in [0.29, 0.717) is 24.2 Å². The van der Waals surface area contributed by atoms with Gasteiger partial charge in [0, 0.05) is 24.5 Å². The van der Waals surface area contributed by atoms with E-state index in [1.807, 2.05) is 0 Å². The van der Waals surface area contributed by atoms with Crippen LogP contribution in [0.1, 0.15) is 31.4 Å². The number of hydrazine groups is 1. The van der Waals surface area contributed by atoms with Crippen molar-refractivity contribution in [3.8, 4) is 0 Å². The normalized spacial score (nSPS) is 24.0. The first-order valence-electron chi connectivity index (χ1n) is 10.3. The standard InChI is InChI=1S/C20H23ClF4N6O/c21-18-14(10-30(29-18)9-8-22)19(32)27-13-6-4-12(5-7-13)26-16-2-1-3-17-28-15(11-31(16)17)20(23,24)25/h1-3,10-13,18,26,29H,4-9H2,(H,27,32). The number of fused-ring (bicyclic) bond motifs is 1. The van der Waals surface area contributed by atoms with Crippen LogP contribution in [0.2, 0.25) is 0 Å². The van der Waals surface area contributed by atoms with Gasteiger partial charge in [-0.15, -0.1) is 0 Å². The van der Waals surface area contributed by atoms with Crippen LogP contribution in [0, 0.1) is 0 Å². The molecule has 1 saturated carbocycles. The zero-order chi connectivity index (χ0) is 22.9. The summed E-state index contributed by atoms with van der Waals surface area (Å²) >= 11 is 6.12. The van der Waals surface area contributed by atoms with Crippen molar-refractivity contribution in [2.45, 2.75) is 49.4 Å². The number of halogens is 5. The van der Waals surface area contributed by atoms with Crippen LogP contribution in [0.5, 0.6) is 0 Å². The Balaban J connectivity index is 1.33. The Morgan fingerprint density at radius 2 is 1.94 bits per heavy atom. The topological polar surface area (TPSA) is 73.7 Å². The van der Waals surface area contributed by atoms with Crippen molar-refractivity contribution in [2.75, 3.05) is 18.5 Å². The molecule has 7 nitrogen and oxygen atoms in total. The molecule has 1 aliphatic carbocycles. The predicted octanol–water partition coefficient (Wildman–Crippen LogP) is 3.43. The Labute approximate surface area is 186 Å². The van der Waals surface area contributed by atoms with Crippen LogP contribution in [0.3, 0.4) is 0 Å². The highest BCUT2D eigenvalue weighted by Gasteiger charge is 2.34. The second kappa shape index (κ2) is 9.14. The fourth-order valence-electron chi connectivity index (χ4n) is 4.00. The molecule has 0 aromatic carbocycles. The lowest BCUT2D eigenvalue weighted by molar-refractivity contribution is -0.140. The molecule has 3 heterocycles. The molecule has 0 saturated heterocycles. The number of carbonyl (C=O) groups is 1. The largest absolute Gasteiger partial charge is 0.434 e. The van der Waals surface area contributed by atoms with Gasteiger partial charge >= 0.3 is 6.18 Å². The molecule has 1 fully saturated rings. The lowest BCUT2D eigenvalue weighted by Crippen LogP contribution is -2.42. The van der Waals surface area contributed by atoms with E-state index in [2.05, 4.69) is 21.0 Å². The number of carbonyl (C=O) groups excluding carboxylic acids is 1. The van der Waals surface area contributed by atoms with Gasteiger partial charge in [0.05, 0.1) is 12.1 Å². The SMILES string of the molecule is O=C(NC1CCC(Nc2cccc3nc(C(F)(F)F)cn23)CC1)C1=CN(CCF)NC1Cl. The maximum absolute atomic E-state index is 13.0. The first kappa shape index (κ1) is 22.7. The lowest BCUT2D eigenvalue weighted by Gasteiger charge is -2.30. The van der Waals surface area contributed by atoms with Gasteiger partial charge in [-0.3, -0.25) is 9.20 Å². The molecule has 32 heavy (non-hydrogen) atoms.